The first kappa shape index (κ1) is 20.4. The molecule has 0 unspecified atom stereocenters. The predicted molar refractivity (Wildman–Crippen MR) is 107 cm³/mol. The molecule has 1 saturated heterocycles. The van der Waals surface area contributed by atoms with E-state index in [1.165, 1.54) is 0 Å². The molecule has 0 bridgehead atoms. The largest absolute Gasteiger partial charge is 0.492 e. The maximum absolute atomic E-state index is 12.7. The summed E-state index contributed by atoms with van der Waals surface area (Å²) < 4.78 is 18.1. The Morgan fingerprint density at radius 3 is 2.93 bits per heavy atom. The van der Waals surface area contributed by atoms with Crippen LogP contribution in [-0.4, -0.2) is 57.2 Å². The van der Waals surface area contributed by atoms with Crippen LogP contribution in [0.15, 0.2) is 35.0 Å². The summed E-state index contributed by atoms with van der Waals surface area (Å²) in [7, 11) is 1.88. The van der Waals surface area contributed by atoms with Gasteiger partial charge in [0, 0.05) is 25.7 Å². The molecule has 0 N–H and O–H groups in total. The molecule has 3 heterocycles. The molecule has 9 nitrogen and oxygen atoms in total. The van der Waals surface area contributed by atoms with E-state index in [2.05, 4.69) is 20.0 Å². The van der Waals surface area contributed by atoms with Crippen LogP contribution in [0.1, 0.15) is 33.7 Å². The summed E-state index contributed by atoms with van der Waals surface area (Å²) in [6.45, 7) is 3.45. The fourth-order valence-electron chi connectivity index (χ4n) is 3.34. The van der Waals surface area contributed by atoms with Gasteiger partial charge < -0.3 is 14.4 Å². The smallest absolute Gasteiger partial charge is 0.278 e. The topological polar surface area (TPSA) is 95.5 Å². The van der Waals surface area contributed by atoms with Crippen LogP contribution >= 0.6 is 11.6 Å². The molecule has 4 rings (SSSR count). The molecule has 1 aromatic carbocycles. The second kappa shape index (κ2) is 8.85. The Morgan fingerprint density at radius 1 is 1.33 bits per heavy atom. The second-order valence-corrected chi connectivity index (χ2v) is 7.43. The lowest BCUT2D eigenvalue weighted by molar-refractivity contribution is -0.0252. The number of aromatic nitrogens is 4. The fraction of sp³-hybridized carbons (Fsp3) is 0.400. The van der Waals surface area contributed by atoms with E-state index < -0.39 is 0 Å². The number of halogens is 1. The van der Waals surface area contributed by atoms with Crippen LogP contribution < -0.4 is 4.74 Å². The van der Waals surface area contributed by atoms with Gasteiger partial charge >= 0.3 is 0 Å². The number of amides is 1. The molecule has 0 aliphatic carbocycles. The molecule has 0 radical (unpaired) electrons. The minimum absolute atomic E-state index is 0.216. The van der Waals surface area contributed by atoms with Crippen molar-refractivity contribution in [1.82, 2.24) is 25.0 Å². The molecule has 1 aliphatic heterocycles. The minimum atomic E-state index is -0.313. The zero-order valence-electron chi connectivity index (χ0n) is 16.7. The third-order valence-corrected chi connectivity index (χ3v) is 5.30. The van der Waals surface area contributed by atoms with Gasteiger partial charge in [0.15, 0.2) is 5.69 Å². The highest BCUT2D eigenvalue weighted by atomic mass is 35.5. The Balaban J connectivity index is 1.39. The molecule has 1 aliphatic rings. The monoisotopic (exact) mass is 431 g/mol. The van der Waals surface area contributed by atoms with Crippen molar-refractivity contribution in [3.63, 3.8) is 0 Å². The van der Waals surface area contributed by atoms with E-state index in [9.17, 15) is 4.79 Å². The molecule has 1 fully saturated rings. The van der Waals surface area contributed by atoms with Crippen LogP contribution in [0.3, 0.4) is 0 Å². The normalized spacial score (nSPS) is 16.6. The van der Waals surface area contributed by atoms with Crippen LogP contribution in [0.2, 0.25) is 5.02 Å². The number of ether oxygens (including phenoxy) is 2. The zero-order chi connectivity index (χ0) is 21.1. The molecule has 10 heteroatoms. The number of rotatable bonds is 6. The number of hydrogen-bond donors (Lipinski definition) is 0. The summed E-state index contributed by atoms with van der Waals surface area (Å²) in [4.78, 5) is 14.4. The number of hydrogen-bond acceptors (Lipinski definition) is 7. The van der Waals surface area contributed by atoms with Crippen molar-refractivity contribution >= 4 is 17.5 Å². The quantitative estimate of drug-likeness (QED) is 0.591. The Labute approximate surface area is 178 Å². The predicted octanol–water partition coefficient (Wildman–Crippen LogP) is 2.60. The first-order valence-corrected chi connectivity index (χ1v) is 10.0. The van der Waals surface area contributed by atoms with E-state index in [0.717, 1.165) is 11.4 Å². The Kier molecular flexibility index (Phi) is 6.01. The Hall–Kier alpha value is -2.91. The van der Waals surface area contributed by atoms with Gasteiger partial charge in [-0.15, -0.1) is 0 Å². The Morgan fingerprint density at radius 2 is 2.17 bits per heavy atom. The van der Waals surface area contributed by atoms with E-state index in [1.807, 2.05) is 31.3 Å². The lowest BCUT2D eigenvalue weighted by Gasteiger charge is -2.31. The van der Waals surface area contributed by atoms with Gasteiger partial charge in [-0.1, -0.05) is 28.9 Å². The number of carbonyl (C=O) groups excluding carboxylic acids is 1. The van der Waals surface area contributed by atoms with Crippen molar-refractivity contribution in [2.24, 2.45) is 7.05 Å². The van der Waals surface area contributed by atoms with E-state index in [-0.39, 0.29) is 17.7 Å². The van der Waals surface area contributed by atoms with E-state index in [1.54, 1.807) is 22.6 Å². The highest BCUT2D eigenvalue weighted by molar-refractivity contribution is 6.32. The third kappa shape index (κ3) is 4.31. The summed E-state index contributed by atoms with van der Waals surface area (Å²) in [5.41, 5.74) is 2.48. The highest BCUT2D eigenvalue weighted by Gasteiger charge is 2.30. The average Bonchev–Trinajstić information content (AvgIpc) is 3.34. The van der Waals surface area contributed by atoms with Gasteiger partial charge in [0.05, 0.1) is 30.5 Å². The molecule has 30 heavy (non-hydrogen) atoms. The van der Waals surface area contributed by atoms with E-state index in [0.29, 0.717) is 49.2 Å². The fourth-order valence-corrected chi connectivity index (χ4v) is 3.53. The van der Waals surface area contributed by atoms with Crippen LogP contribution in [0.5, 0.6) is 5.75 Å². The van der Waals surface area contributed by atoms with Crippen molar-refractivity contribution in [3.05, 3.63) is 58.1 Å². The van der Waals surface area contributed by atoms with Gasteiger partial charge in [-0.2, -0.15) is 5.10 Å². The molecule has 3 aromatic rings. The standard InChI is InChI=1S/C20H22ClN5O4/c1-13-19(24-30-23-13)20(27)26-8-10-29-18(12-26)16-11-14(25(2)22-16)7-9-28-17-6-4-3-5-15(17)21/h3-6,11,18H,7-10,12H2,1-2H3/t18-/m0/s1. The van der Waals surface area contributed by atoms with Crippen LogP contribution in [0, 0.1) is 6.92 Å². The first-order chi connectivity index (χ1) is 14.5. The third-order valence-electron chi connectivity index (χ3n) is 4.99. The van der Waals surface area contributed by atoms with Crippen LogP contribution in [0.4, 0.5) is 0 Å². The molecular formula is C20H22ClN5O4. The highest BCUT2D eigenvalue weighted by Crippen LogP contribution is 2.25. The number of para-hydroxylation sites is 1. The summed E-state index contributed by atoms with van der Waals surface area (Å²) in [5.74, 6) is 0.440. The van der Waals surface area contributed by atoms with Gasteiger partial charge in [0.2, 0.25) is 0 Å². The molecule has 0 spiro atoms. The number of aryl methyl sites for hydroxylation is 2. The molecule has 0 saturated carbocycles. The van der Waals surface area contributed by atoms with Crippen LogP contribution in [-0.2, 0) is 18.2 Å². The van der Waals surface area contributed by atoms with Crippen LogP contribution in [0.25, 0.3) is 0 Å². The maximum atomic E-state index is 12.7. The lowest BCUT2D eigenvalue weighted by atomic mass is 10.1. The molecule has 1 amide bonds. The zero-order valence-corrected chi connectivity index (χ0v) is 17.5. The summed E-state index contributed by atoms with van der Waals surface area (Å²) >= 11 is 6.12. The molecule has 2 aromatic heterocycles. The molecule has 1 atom stereocenters. The SMILES string of the molecule is Cc1nonc1C(=O)N1CCO[C@H](c2cc(CCOc3ccccc3Cl)n(C)n2)C1. The van der Waals surface area contributed by atoms with Gasteiger partial charge in [-0.3, -0.25) is 9.48 Å². The number of benzene rings is 1. The average molecular weight is 432 g/mol. The van der Waals surface area contributed by atoms with Crippen molar-refractivity contribution in [2.75, 3.05) is 26.3 Å². The van der Waals surface area contributed by atoms with E-state index >= 15 is 0 Å². The first-order valence-electron chi connectivity index (χ1n) is 9.63. The summed E-state index contributed by atoms with van der Waals surface area (Å²) in [5, 5.41) is 12.6. The van der Waals surface area contributed by atoms with Gasteiger partial charge in [-0.05, 0) is 30.3 Å². The number of carbonyl (C=O) groups is 1. The van der Waals surface area contributed by atoms with Crippen molar-refractivity contribution in [1.29, 1.82) is 0 Å². The summed E-state index contributed by atoms with van der Waals surface area (Å²) in [6, 6.07) is 9.36. The van der Waals surface area contributed by atoms with Gasteiger partial charge in [0.1, 0.15) is 17.5 Å². The van der Waals surface area contributed by atoms with Crippen molar-refractivity contribution in [2.45, 2.75) is 19.4 Å². The van der Waals surface area contributed by atoms with Gasteiger partial charge in [0.25, 0.3) is 5.91 Å². The minimum Gasteiger partial charge on any atom is -0.492 e. The number of nitrogens with zero attached hydrogens (tertiary/aromatic N) is 5. The van der Waals surface area contributed by atoms with Gasteiger partial charge in [-0.25, -0.2) is 4.63 Å². The molecular weight excluding hydrogens is 410 g/mol. The molecule has 158 valence electrons. The lowest BCUT2D eigenvalue weighted by Crippen LogP contribution is -2.42. The second-order valence-electron chi connectivity index (χ2n) is 7.02. The van der Waals surface area contributed by atoms with Crippen molar-refractivity contribution < 1.29 is 18.9 Å². The maximum Gasteiger partial charge on any atom is 0.278 e. The summed E-state index contributed by atoms with van der Waals surface area (Å²) in [6.07, 6.45) is 0.348. The van der Waals surface area contributed by atoms with E-state index in [4.69, 9.17) is 21.1 Å². The Bertz CT molecular complexity index is 1030. The number of morpholine rings is 1. The van der Waals surface area contributed by atoms with Crippen molar-refractivity contribution in [3.8, 4) is 5.75 Å².